The summed E-state index contributed by atoms with van der Waals surface area (Å²) in [4.78, 5) is 0. The molecule has 7 heteroatoms. The second kappa shape index (κ2) is 4.58. The van der Waals surface area contributed by atoms with Crippen LogP contribution in [0.5, 0.6) is 17.2 Å². The molecule has 0 atom stereocenters. The van der Waals surface area contributed by atoms with Gasteiger partial charge in [-0.1, -0.05) is 0 Å². The molecule has 2 N–H and O–H groups in total. The maximum absolute atomic E-state index is 10.9. The lowest BCUT2D eigenvalue weighted by Gasteiger charge is -2.13. The second-order valence-electron chi connectivity index (χ2n) is 3.07. The van der Waals surface area contributed by atoms with E-state index in [-0.39, 0.29) is 17.2 Å². The van der Waals surface area contributed by atoms with Gasteiger partial charge >= 0.3 is 10.3 Å². The molecule has 0 unspecified atom stereocenters. The summed E-state index contributed by atoms with van der Waals surface area (Å²) in [5.74, 6) is 0.426. The highest BCUT2D eigenvalue weighted by atomic mass is 32.2. The van der Waals surface area contributed by atoms with Crippen LogP contribution in [0.1, 0.15) is 5.56 Å². The lowest BCUT2D eigenvalue weighted by Crippen LogP contribution is -2.19. The summed E-state index contributed by atoms with van der Waals surface area (Å²) >= 11 is 0. The van der Waals surface area contributed by atoms with Crippen LogP contribution in [0, 0.1) is 6.92 Å². The quantitative estimate of drug-likeness (QED) is 0.841. The van der Waals surface area contributed by atoms with Gasteiger partial charge in [-0.15, -0.1) is 0 Å². The summed E-state index contributed by atoms with van der Waals surface area (Å²) in [6.07, 6.45) is 0. The Balaban J connectivity index is 3.33. The standard InChI is InChI=1S/C9H13NO5S/c1-6-4-7(13-2)9(8(5-6)14-3)15-16(10,11)12/h4-5H,1-3H3,(H2,10,11,12). The van der Waals surface area contributed by atoms with Gasteiger partial charge in [-0.05, 0) is 24.6 Å². The molecule has 0 aliphatic heterocycles. The van der Waals surface area contributed by atoms with E-state index in [0.717, 1.165) is 5.56 Å². The Morgan fingerprint density at radius 1 is 1.12 bits per heavy atom. The van der Waals surface area contributed by atoms with Gasteiger partial charge in [0.05, 0.1) is 14.2 Å². The maximum Gasteiger partial charge on any atom is 0.380 e. The highest BCUT2D eigenvalue weighted by Gasteiger charge is 2.17. The molecular formula is C9H13NO5S. The van der Waals surface area contributed by atoms with E-state index < -0.39 is 10.3 Å². The van der Waals surface area contributed by atoms with Crippen LogP contribution >= 0.6 is 0 Å². The van der Waals surface area contributed by atoms with Crippen LogP contribution in [0.15, 0.2) is 12.1 Å². The van der Waals surface area contributed by atoms with Gasteiger partial charge in [-0.25, -0.2) is 0 Å². The van der Waals surface area contributed by atoms with Crippen LogP contribution in [-0.2, 0) is 10.3 Å². The molecule has 0 spiro atoms. The number of aryl methyl sites for hydroxylation is 1. The van der Waals surface area contributed by atoms with E-state index in [1.807, 2.05) is 6.92 Å². The van der Waals surface area contributed by atoms with Crippen LogP contribution < -0.4 is 18.8 Å². The Hall–Kier alpha value is -1.47. The molecule has 1 aromatic carbocycles. The molecule has 0 amide bonds. The summed E-state index contributed by atoms with van der Waals surface area (Å²) in [5.41, 5.74) is 0.843. The number of methoxy groups -OCH3 is 2. The molecule has 0 aliphatic carbocycles. The van der Waals surface area contributed by atoms with Gasteiger partial charge in [0.25, 0.3) is 0 Å². The minimum Gasteiger partial charge on any atom is -0.493 e. The van der Waals surface area contributed by atoms with Crippen LogP contribution in [-0.4, -0.2) is 22.6 Å². The predicted octanol–water partition coefficient (Wildman–Crippen LogP) is 0.595. The average molecular weight is 247 g/mol. The van der Waals surface area contributed by atoms with E-state index >= 15 is 0 Å². The van der Waals surface area contributed by atoms with Gasteiger partial charge in [0.15, 0.2) is 11.5 Å². The Labute approximate surface area is 94.2 Å². The van der Waals surface area contributed by atoms with Crippen molar-refractivity contribution in [3.63, 3.8) is 0 Å². The summed E-state index contributed by atoms with van der Waals surface area (Å²) in [5, 5.41) is 4.79. The zero-order valence-electron chi connectivity index (χ0n) is 9.18. The van der Waals surface area contributed by atoms with E-state index in [0.29, 0.717) is 0 Å². The largest absolute Gasteiger partial charge is 0.493 e. The number of hydrogen-bond acceptors (Lipinski definition) is 5. The van der Waals surface area contributed by atoms with Crippen molar-refractivity contribution in [2.24, 2.45) is 5.14 Å². The minimum absolute atomic E-state index is 0.0573. The van der Waals surface area contributed by atoms with Crippen molar-refractivity contribution in [1.82, 2.24) is 0 Å². The highest BCUT2D eigenvalue weighted by Crippen LogP contribution is 2.38. The zero-order chi connectivity index (χ0) is 12.3. The number of benzene rings is 1. The van der Waals surface area contributed by atoms with Crippen molar-refractivity contribution >= 4 is 10.3 Å². The summed E-state index contributed by atoms with van der Waals surface area (Å²) in [6, 6.07) is 3.23. The smallest absolute Gasteiger partial charge is 0.380 e. The topological polar surface area (TPSA) is 87.8 Å². The molecule has 0 radical (unpaired) electrons. The van der Waals surface area contributed by atoms with Gasteiger partial charge in [-0.2, -0.15) is 13.6 Å². The highest BCUT2D eigenvalue weighted by molar-refractivity contribution is 7.84. The summed E-state index contributed by atoms with van der Waals surface area (Å²) < 4.78 is 36.3. The molecule has 0 aromatic heterocycles. The first-order valence-electron chi connectivity index (χ1n) is 4.32. The molecule has 0 fully saturated rings. The Kier molecular flexibility index (Phi) is 3.61. The molecule has 0 aliphatic rings. The van der Waals surface area contributed by atoms with Crippen molar-refractivity contribution < 1.29 is 22.1 Å². The minimum atomic E-state index is -4.12. The zero-order valence-corrected chi connectivity index (χ0v) is 10.00. The maximum atomic E-state index is 10.9. The molecule has 0 heterocycles. The number of ether oxygens (including phenoxy) is 2. The first-order chi connectivity index (χ1) is 7.37. The van der Waals surface area contributed by atoms with Gasteiger partial charge in [-0.3, -0.25) is 0 Å². The van der Waals surface area contributed by atoms with Crippen molar-refractivity contribution in [3.8, 4) is 17.2 Å². The Bertz CT molecular complexity index is 458. The van der Waals surface area contributed by atoms with Gasteiger partial charge in [0, 0.05) is 0 Å². The van der Waals surface area contributed by atoms with Gasteiger partial charge in [0.2, 0.25) is 5.75 Å². The Morgan fingerprint density at radius 2 is 1.56 bits per heavy atom. The third-order valence-electron chi connectivity index (χ3n) is 1.80. The van der Waals surface area contributed by atoms with Crippen LogP contribution in [0.3, 0.4) is 0 Å². The lowest BCUT2D eigenvalue weighted by molar-refractivity contribution is 0.360. The van der Waals surface area contributed by atoms with Crippen molar-refractivity contribution in [2.75, 3.05) is 14.2 Å². The molecule has 1 aromatic rings. The molecule has 0 saturated heterocycles. The summed E-state index contributed by atoms with van der Waals surface area (Å²) in [6.45, 7) is 1.81. The number of hydrogen-bond donors (Lipinski definition) is 1. The van der Waals surface area contributed by atoms with E-state index in [1.54, 1.807) is 12.1 Å². The second-order valence-corrected chi connectivity index (χ2v) is 4.23. The molecule has 1 rings (SSSR count). The van der Waals surface area contributed by atoms with E-state index in [2.05, 4.69) is 4.18 Å². The normalized spacial score (nSPS) is 11.0. The van der Waals surface area contributed by atoms with Crippen molar-refractivity contribution in [3.05, 3.63) is 17.7 Å². The molecule has 0 saturated carbocycles. The first kappa shape index (κ1) is 12.6. The third-order valence-corrected chi connectivity index (χ3v) is 2.20. The molecule has 16 heavy (non-hydrogen) atoms. The van der Waals surface area contributed by atoms with E-state index in [4.69, 9.17) is 14.6 Å². The molecule has 6 nitrogen and oxygen atoms in total. The monoisotopic (exact) mass is 247 g/mol. The SMILES string of the molecule is COc1cc(C)cc(OC)c1OS(N)(=O)=O. The molecule has 90 valence electrons. The van der Waals surface area contributed by atoms with Gasteiger partial charge < -0.3 is 13.7 Å². The lowest BCUT2D eigenvalue weighted by atomic mass is 10.2. The van der Waals surface area contributed by atoms with E-state index in [1.165, 1.54) is 14.2 Å². The number of rotatable bonds is 4. The summed E-state index contributed by atoms with van der Waals surface area (Å²) in [7, 11) is -1.33. The van der Waals surface area contributed by atoms with Crippen LogP contribution in [0.4, 0.5) is 0 Å². The fourth-order valence-corrected chi connectivity index (χ4v) is 1.61. The first-order valence-corrected chi connectivity index (χ1v) is 5.79. The Morgan fingerprint density at radius 3 is 1.88 bits per heavy atom. The van der Waals surface area contributed by atoms with Crippen molar-refractivity contribution in [1.29, 1.82) is 0 Å². The van der Waals surface area contributed by atoms with Gasteiger partial charge in [0.1, 0.15) is 0 Å². The fraction of sp³-hybridized carbons (Fsp3) is 0.333. The van der Waals surface area contributed by atoms with Crippen LogP contribution in [0.2, 0.25) is 0 Å². The number of nitrogens with two attached hydrogens (primary N) is 1. The third kappa shape index (κ3) is 3.01. The van der Waals surface area contributed by atoms with Crippen LogP contribution in [0.25, 0.3) is 0 Å². The van der Waals surface area contributed by atoms with Crippen molar-refractivity contribution in [2.45, 2.75) is 6.92 Å². The molecule has 0 bridgehead atoms. The van der Waals surface area contributed by atoms with E-state index in [9.17, 15) is 8.42 Å². The molecular weight excluding hydrogens is 234 g/mol. The fourth-order valence-electron chi connectivity index (χ4n) is 1.21. The average Bonchev–Trinajstić information content (AvgIpc) is 2.18. The predicted molar refractivity (Wildman–Crippen MR) is 58.0 cm³/mol.